The van der Waals surface area contributed by atoms with Gasteiger partial charge in [-0.3, -0.25) is 0 Å². The Morgan fingerprint density at radius 1 is 1.35 bits per heavy atom. The molecule has 2 rings (SSSR count). The average Bonchev–Trinajstić information content (AvgIpc) is 2.89. The van der Waals surface area contributed by atoms with Crippen LogP contribution in [0.2, 0.25) is 0 Å². The molecule has 106 valence electrons. The van der Waals surface area contributed by atoms with E-state index in [1.807, 2.05) is 30.3 Å². The van der Waals surface area contributed by atoms with Crippen molar-refractivity contribution in [2.75, 3.05) is 6.61 Å². The fourth-order valence-corrected chi connectivity index (χ4v) is 1.66. The maximum absolute atomic E-state index is 11.2. The van der Waals surface area contributed by atoms with Crippen molar-refractivity contribution in [2.45, 2.75) is 25.8 Å². The lowest BCUT2D eigenvalue weighted by Gasteiger charge is -2.20. The van der Waals surface area contributed by atoms with E-state index in [2.05, 4.69) is 15.5 Å². The molecule has 0 aliphatic rings. The Hall–Kier alpha value is -2.44. The molecule has 0 saturated heterocycles. The number of para-hydroxylation sites is 1. The van der Waals surface area contributed by atoms with E-state index < -0.39 is 11.5 Å². The predicted molar refractivity (Wildman–Crippen MR) is 70.4 cm³/mol. The SMILES string of the molecule is CC(C)(C(=O)O)n1nnnc1CCOc1ccccc1. The van der Waals surface area contributed by atoms with Gasteiger partial charge in [-0.2, -0.15) is 0 Å². The highest BCUT2D eigenvalue weighted by Gasteiger charge is 2.33. The van der Waals surface area contributed by atoms with E-state index in [0.717, 1.165) is 5.75 Å². The zero-order valence-electron chi connectivity index (χ0n) is 11.4. The number of ether oxygens (including phenoxy) is 1. The van der Waals surface area contributed by atoms with Crippen molar-refractivity contribution < 1.29 is 14.6 Å². The molecule has 20 heavy (non-hydrogen) atoms. The van der Waals surface area contributed by atoms with Crippen LogP contribution in [0, 0.1) is 0 Å². The topological polar surface area (TPSA) is 90.1 Å². The fraction of sp³-hybridized carbons (Fsp3) is 0.385. The van der Waals surface area contributed by atoms with Gasteiger partial charge in [-0.15, -0.1) is 5.10 Å². The maximum atomic E-state index is 11.2. The van der Waals surface area contributed by atoms with Crippen LogP contribution in [0.1, 0.15) is 19.7 Å². The molecule has 0 radical (unpaired) electrons. The number of carbonyl (C=O) groups is 1. The number of hydrogen-bond acceptors (Lipinski definition) is 5. The van der Waals surface area contributed by atoms with Gasteiger partial charge in [-0.05, 0) is 36.4 Å². The summed E-state index contributed by atoms with van der Waals surface area (Å²) in [7, 11) is 0. The molecule has 1 heterocycles. The highest BCUT2D eigenvalue weighted by molar-refractivity contribution is 5.75. The van der Waals surface area contributed by atoms with Crippen molar-refractivity contribution in [3.8, 4) is 5.75 Å². The molecule has 0 aliphatic carbocycles. The first-order chi connectivity index (χ1) is 9.51. The lowest BCUT2D eigenvalue weighted by molar-refractivity contribution is -0.146. The van der Waals surface area contributed by atoms with Gasteiger partial charge in [0.1, 0.15) is 5.75 Å². The van der Waals surface area contributed by atoms with Gasteiger partial charge in [0.05, 0.1) is 6.61 Å². The Balaban J connectivity index is 2.01. The number of hydrogen-bond donors (Lipinski definition) is 1. The number of carboxylic acid groups (broad SMARTS) is 1. The molecule has 7 nitrogen and oxygen atoms in total. The fourth-order valence-electron chi connectivity index (χ4n) is 1.66. The van der Waals surface area contributed by atoms with Crippen LogP contribution in [0.4, 0.5) is 0 Å². The van der Waals surface area contributed by atoms with Crippen molar-refractivity contribution >= 4 is 5.97 Å². The van der Waals surface area contributed by atoms with Gasteiger partial charge in [-0.1, -0.05) is 18.2 Å². The second-order valence-corrected chi connectivity index (χ2v) is 4.78. The third-order valence-corrected chi connectivity index (χ3v) is 2.92. The zero-order valence-corrected chi connectivity index (χ0v) is 11.4. The van der Waals surface area contributed by atoms with Crippen LogP contribution in [-0.2, 0) is 16.8 Å². The van der Waals surface area contributed by atoms with Crippen LogP contribution in [0.15, 0.2) is 30.3 Å². The molecule has 1 aromatic heterocycles. The van der Waals surface area contributed by atoms with E-state index in [0.29, 0.717) is 18.9 Å². The Labute approximate surface area is 116 Å². The zero-order chi connectivity index (χ0) is 14.6. The molecular formula is C13H16N4O3. The highest BCUT2D eigenvalue weighted by atomic mass is 16.5. The summed E-state index contributed by atoms with van der Waals surface area (Å²) in [4.78, 5) is 11.2. The van der Waals surface area contributed by atoms with Gasteiger partial charge in [0.25, 0.3) is 0 Å². The summed E-state index contributed by atoms with van der Waals surface area (Å²) in [6.45, 7) is 3.47. The minimum atomic E-state index is -1.19. The van der Waals surface area contributed by atoms with E-state index in [1.54, 1.807) is 13.8 Å². The molecule has 0 bridgehead atoms. The molecular weight excluding hydrogens is 260 g/mol. The number of aliphatic carboxylic acids is 1. The molecule has 0 atom stereocenters. The predicted octanol–water partition coefficient (Wildman–Crippen LogP) is 1.11. The summed E-state index contributed by atoms with van der Waals surface area (Å²) >= 11 is 0. The van der Waals surface area contributed by atoms with E-state index in [-0.39, 0.29) is 0 Å². The van der Waals surface area contributed by atoms with E-state index >= 15 is 0 Å². The molecule has 2 aromatic rings. The van der Waals surface area contributed by atoms with E-state index in [1.165, 1.54) is 4.68 Å². The molecule has 0 saturated carbocycles. The van der Waals surface area contributed by atoms with Gasteiger partial charge in [0.15, 0.2) is 11.4 Å². The van der Waals surface area contributed by atoms with Crippen LogP contribution in [0.5, 0.6) is 5.75 Å². The Bertz CT molecular complexity index is 580. The lowest BCUT2D eigenvalue weighted by Crippen LogP contribution is -2.38. The van der Waals surface area contributed by atoms with Crippen molar-refractivity contribution in [2.24, 2.45) is 0 Å². The number of nitrogens with zero attached hydrogens (tertiary/aromatic N) is 4. The van der Waals surface area contributed by atoms with Crippen molar-refractivity contribution in [1.82, 2.24) is 20.2 Å². The molecule has 0 aliphatic heterocycles. The number of tetrazole rings is 1. The molecule has 7 heteroatoms. The monoisotopic (exact) mass is 276 g/mol. The van der Waals surface area contributed by atoms with Crippen LogP contribution < -0.4 is 4.74 Å². The van der Waals surface area contributed by atoms with Gasteiger partial charge >= 0.3 is 5.97 Å². The van der Waals surface area contributed by atoms with Crippen LogP contribution >= 0.6 is 0 Å². The number of rotatable bonds is 6. The van der Waals surface area contributed by atoms with Gasteiger partial charge in [0, 0.05) is 6.42 Å². The van der Waals surface area contributed by atoms with Gasteiger partial charge in [0.2, 0.25) is 0 Å². The minimum Gasteiger partial charge on any atom is -0.493 e. The van der Waals surface area contributed by atoms with Crippen molar-refractivity contribution in [3.05, 3.63) is 36.2 Å². The normalized spacial score (nSPS) is 11.3. The summed E-state index contributed by atoms with van der Waals surface area (Å²) < 4.78 is 6.86. The minimum absolute atomic E-state index is 0.375. The maximum Gasteiger partial charge on any atom is 0.331 e. The van der Waals surface area contributed by atoms with E-state index in [4.69, 9.17) is 4.74 Å². The highest BCUT2D eigenvalue weighted by Crippen LogP contribution is 2.16. The molecule has 0 amide bonds. The molecule has 0 fully saturated rings. The van der Waals surface area contributed by atoms with Crippen LogP contribution in [0.25, 0.3) is 0 Å². The summed E-state index contributed by atoms with van der Waals surface area (Å²) in [6, 6.07) is 9.37. The van der Waals surface area contributed by atoms with Crippen molar-refractivity contribution in [1.29, 1.82) is 0 Å². The summed E-state index contributed by atoms with van der Waals surface area (Å²) in [5.41, 5.74) is -1.19. The third-order valence-electron chi connectivity index (χ3n) is 2.92. The molecule has 0 spiro atoms. The average molecular weight is 276 g/mol. The second kappa shape index (κ2) is 5.68. The first-order valence-electron chi connectivity index (χ1n) is 6.21. The Morgan fingerprint density at radius 2 is 2.05 bits per heavy atom. The first kappa shape index (κ1) is 14.0. The largest absolute Gasteiger partial charge is 0.493 e. The standard InChI is InChI=1S/C13H16N4O3/c1-13(2,12(18)19)17-11(14-15-16-17)8-9-20-10-6-4-3-5-7-10/h3-7H,8-9H2,1-2H3,(H,18,19). The van der Waals surface area contributed by atoms with Crippen LogP contribution in [-0.4, -0.2) is 37.9 Å². The second-order valence-electron chi connectivity index (χ2n) is 4.78. The summed E-state index contributed by atoms with van der Waals surface area (Å²) in [6.07, 6.45) is 0.429. The molecule has 1 N–H and O–H groups in total. The molecule has 0 unspecified atom stereocenters. The van der Waals surface area contributed by atoms with Gasteiger partial charge in [-0.25, -0.2) is 9.48 Å². The van der Waals surface area contributed by atoms with E-state index in [9.17, 15) is 9.90 Å². The molecule has 1 aromatic carbocycles. The number of aromatic nitrogens is 4. The number of carboxylic acids is 1. The summed E-state index contributed by atoms with van der Waals surface area (Å²) in [5, 5.41) is 20.3. The van der Waals surface area contributed by atoms with Crippen molar-refractivity contribution in [3.63, 3.8) is 0 Å². The summed E-state index contributed by atoms with van der Waals surface area (Å²) in [5.74, 6) is 0.243. The lowest BCUT2D eigenvalue weighted by atomic mass is 10.1. The quantitative estimate of drug-likeness (QED) is 0.850. The van der Waals surface area contributed by atoms with Gasteiger partial charge < -0.3 is 9.84 Å². The number of benzene rings is 1. The first-order valence-corrected chi connectivity index (χ1v) is 6.21. The smallest absolute Gasteiger partial charge is 0.331 e. The Morgan fingerprint density at radius 3 is 2.70 bits per heavy atom. The Kier molecular flexibility index (Phi) is 3.97. The van der Waals surface area contributed by atoms with Crippen LogP contribution in [0.3, 0.4) is 0 Å². The third kappa shape index (κ3) is 2.93.